The number of hydrogen-bond acceptors (Lipinski definition) is 6. The minimum absolute atomic E-state index is 0.251. The van der Waals surface area contributed by atoms with Crippen molar-refractivity contribution in [1.82, 2.24) is 0 Å². The Morgan fingerprint density at radius 1 is 1.32 bits per heavy atom. The quantitative estimate of drug-likeness (QED) is 0.430. The van der Waals surface area contributed by atoms with Gasteiger partial charge in [0, 0.05) is 20.6 Å². The third kappa shape index (κ3) is 5.24. The van der Waals surface area contributed by atoms with Crippen LogP contribution in [0, 0.1) is 0 Å². The normalized spacial score (nSPS) is 11.3. The second-order valence-electron chi connectivity index (χ2n) is 3.57. The lowest BCUT2D eigenvalue weighted by molar-refractivity contribution is -0.134. The van der Waals surface area contributed by atoms with E-state index < -0.39 is 5.69 Å². The van der Waals surface area contributed by atoms with E-state index >= 15 is 0 Å². The second kappa shape index (κ2) is 8.02. The summed E-state index contributed by atoms with van der Waals surface area (Å²) in [5.74, 6) is 0.243. The standard InChI is InChI=1S/C12H17O4PS2/c1-4-7-12(13)16-10-8-5-6-9-11(10)19-17(18,14-2)15-3/h5-6,8-9H,4,7H2,1-3H3. The molecule has 1 aromatic rings. The van der Waals surface area contributed by atoms with Gasteiger partial charge in [-0.2, -0.15) is 0 Å². The largest absolute Gasteiger partial charge is 0.425 e. The number of carbonyl (C=O) groups is 1. The van der Waals surface area contributed by atoms with Crippen LogP contribution in [0.4, 0.5) is 0 Å². The molecule has 0 fully saturated rings. The minimum atomic E-state index is -2.43. The van der Waals surface area contributed by atoms with Gasteiger partial charge >= 0.3 is 5.97 Å². The summed E-state index contributed by atoms with van der Waals surface area (Å²) in [7, 11) is 3.03. The Bertz CT molecular complexity index is 471. The lowest BCUT2D eigenvalue weighted by atomic mass is 10.3. The first kappa shape index (κ1) is 16.7. The summed E-state index contributed by atoms with van der Waals surface area (Å²) in [6, 6.07) is 7.23. The number of hydrogen-bond donors (Lipinski definition) is 0. The van der Waals surface area contributed by atoms with E-state index in [1.807, 2.05) is 25.1 Å². The van der Waals surface area contributed by atoms with Crippen LogP contribution in [0.5, 0.6) is 5.75 Å². The SMILES string of the molecule is CCCC(=O)Oc1ccccc1SP(=S)(OC)OC. The monoisotopic (exact) mass is 320 g/mol. The smallest absolute Gasteiger partial charge is 0.311 e. The molecule has 0 aliphatic heterocycles. The van der Waals surface area contributed by atoms with Gasteiger partial charge < -0.3 is 13.8 Å². The molecule has 0 bridgehead atoms. The molecule has 106 valence electrons. The number of para-hydroxylation sites is 1. The highest BCUT2D eigenvalue weighted by Crippen LogP contribution is 2.64. The van der Waals surface area contributed by atoms with Crippen molar-refractivity contribution in [3.63, 3.8) is 0 Å². The highest BCUT2D eigenvalue weighted by molar-refractivity contribution is 8.67. The highest BCUT2D eigenvalue weighted by Gasteiger charge is 2.20. The number of benzene rings is 1. The van der Waals surface area contributed by atoms with Crippen LogP contribution in [0.2, 0.25) is 0 Å². The number of esters is 1. The van der Waals surface area contributed by atoms with Crippen molar-refractivity contribution in [2.24, 2.45) is 0 Å². The Labute approximate surface area is 122 Å². The molecule has 1 aromatic carbocycles. The summed E-state index contributed by atoms with van der Waals surface area (Å²) in [6.45, 7) is 1.93. The fraction of sp³-hybridized carbons (Fsp3) is 0.417. The third-order valence-corrected chi connectivity index (χ3v) is 7.56. The van der Waals surface area contributed by atoms with Crippen molar-refractivity contribution in [2.75, 3.05) is 14.2 Å². The van der Waals surface area contributed by atoms with E-state index in [4.69, 9.17) is 25.6 Å². The first-order valence-electron chi connectivity index (χ1n) is 5.75. The van der Waals surface area contributed by atoms with Gasteiger partial charge in [0.15, 0.2) is 0 Å². The lowest BCUT2D eigenvalue weighted by Gasteiger charge is -2.18. The average Bonchev–Trinajstić information content (AvgIpc) is 2.41. The van der Waals surface area contributed by atoms with Crippen LogP contribution in [-0.2, 0) is 25.6 Å². The summed E-state index contributed by atoms with van der Waals surface area (Å²) in [6.07, 6.45) is 1.14. The summed E-state index contributed by atoms with van der Waals surface area (Å²) >= 11 is 6.58. The first-order valence-corrected chi connectivity index (χ1v) is 9.81. The molecule has 0 spiro atoms. The Morgan fingerprint density at radius 3 is 2.53 bits per heavy atom. The van der Waals surface area contributed by atoms with Crippen LogP contribution >= 0.6 is 17.1 Å². The van der Waals surface area contributed by atoms with Crippen molar-refractivity contribution >= 4 is 34.9 Å². The van der Waals surface area contributed by atoms with Crippen LogP contribution < -0.4 is 4.74 Å². The van der Waals surface area contributed by atoms with Gasteiger partial charge in [-0.25, -0.2) is 0 Å². The summed E-state index contributed by atoms with van der Waals surface area (Å²) in [5, 5.41) is 0. The van der Waals surface area contributed by atoms with E-state index in [1.54, 1.807) is 6.07 Å². The predicted molar refractivity (Wildman–Crippen MR) is 81.1 cm³/mol. The van der Waals surface area contributed by atoms with Crippen LogP contribution in [-0.4, -0.2) is 20.2 Å². The van der Waals surface area contributed by atoms with Crippen molar-refractivity contribution in [3.05, 3.63) is 24.3 Å². The van der Waals surface area contributed by atoms with Gasteiger partial charge in [-0.05, 0) is 41.7 Å². The van der Waals surface area contributed by atoms with Crippen LogP contribution in [0.15, 0.2) is 29.2 Å². The van der Waals surface area contributed by atoms with Crippen molar-refractivity contribution in [1.29, 1.82) is 0 Å². The van der Waals surface area contributed by atoms with E-state index in [1.165, 1.54) is 25.6 Å². The van der Waals surface area contributed by atoms with Gasteiger partial charge in [-0.1, -0.05) is 19.1 Å². The van der Waals surface area contributed by atoms with Crippen molar-refractivity contribution in [2.45, 2.75) is 24.7 Å². The Kier molecular flexibility index (Phi) is 7.04. The highest BCUT2D eigenvalue weighted by atomic mass is 32.9. The minimum Gasteiger partial charge on any atom is -0.425 e. The molecule has 7 heteroatoms. The third-order valence-electron chi connectivity index (χ3n) is 2.18. The molecule has 1 rings (SSSR count). The zero-order valence-corrected chi connectivity index (χ0v) is 13.6. The Morgan fingerprint density at radius 2 is 1.95 bits per heavy atom. The first-order chi connectivity index (χ1) is 9.04. The molecule has 0 aromatic heterocycles. The zero-order chi connectivity index (χ0) is 14.3. The van der Waals surface area contributed by atoms with Crippen LogP contribution in [0.1, 0.15) is 19.8 Å². The second-order valence-corrected chi connectivity index (χ2v) is 9.95. The average molecular weight is 320 g/mol. The summed E-state index contributed by atoms with van der Waals surface area (Å²) in [5.41, 5.74) is -2.43. The van der Waals surface area contributed by atoms with Gasteiger partial charge in [-0.3, -0.25) is 4.79 Å². The molecule has 19 heavy (non-hydrogen) atoms. The van der Waals surface area contributed by atoms with E-state index in [-0.39, 0.29) is 5.97 Å². The van der Waals surface area contributed by atoms with Crippen molar-refractivity contribution in [3.8, 4) is 5.75 Å². The molecule has 0 saturated carbocycles. The molecule has 0 N–H and O–H groups in total. The molecular formula is C12H17O4PS2. The number of rotatable bonds is 7. The van der Waals surface area contributed by atoms with Gasteiger partial charge in [0.1, 0.15) is 5.75 Å². The van der Waals surface area contributed by atoms with Crippen molar-refractivity contribution < 1.29 is 18.6 Å². The van der Waals surface area contributed by atoms with E-state index in [2.05, 4.69) is 0 Å². The molecule has 0 aliphatic rings. The maximum absolute atomic E-state index is 11.6. The molecule has 4 nitrogen and oxygen atoms in total. The summed E-state index contributed by atoms with van der Waals surface area (Å²) in [4.78, 5) is 12.3. The molecule has 0 unspecified atom stereocenters. The molecule has 0 radical (unpaired) electrons. The maximum atomic E-state index is 11.6. The van der Waals surface area contributed by atoms with Gasteiger partial charge in [0.25, 0.3) is 5.69 Å². The Balaban J connectivity index is 2.90. The summed E-state index contributed by atoms with van der Waals surface area (Å²) < 4.78 is 15.8. The van der Waals surface area contributed by atoms with E-state index in [0.29, 0.717) is 12.2 Å². The lowest BCUT2D eigenvalue weighted by Crippen LogP contribution is -2.07. The maximum Gasteiger partial charge on any atom is 0.311 e. The number of ether oxygens (including phenoxy) is 1. The molecule has 0 saturated heterocycles. The molecule has 0 aliphatic carbocycles. The van der Waals surface area contributed by atoms with Gasteiger partial charge in [0.2, 0.25) is 0 Å². The molecule has 0 heterocycles. The fourth-order valence-corrected chi connectivity index (χ4v) is 4.48. The van der Waals surface area contributed by atoms with Crippen LogP contribution in [0.3, 0.4) is 0 Å². The van der Waals surface area contributed by atoms with E-state index in [0.717, 1.165) is 11.3 Å². The molecule has 0 amide bonds. The molecule has 0 atom stereocenters. The number of carbonyl (C=O) groups excluding carboxylic acids is 1. The fourth-order valence-electron chi connectivity index (χ4n) is 1.26. The van der Waals surface area contributed by atoms with Gasteiger partial charge in [0.05, 0.1) is 4.90 Å². The predicted octanol–water partition coefficient (Wildman–Crippen LogP) is 4.00. The molecular weight excluding hydrogens is 303 g/mol. The van der Waals surface area contributed by atoms with Crippen LogP contribution in [0.25, 0.3) is 0 Å². The topological polar surface area (TPSA) is 44.8 Å². The van der Waals surface area contributed by atoms with E-state index in [9.17, 15) is 4.79 Å². The Hall–Kier alpha value is -0.390. The van der Waals surface area contributed by atoms with Gasteiger partial charge in [-0.15, -0.1) is 0 Å². The zero-order valence-electron chi connectivity index (χ0n) is 11.1.